The first-order valence-electron chi connectivity index (χ1n) is 8.27. The molecular formula is C20H16F2N4O2. The Labute approximate surface area is 159 Å². The molecule has 1 heterocycles. The maximum absolute atomic E-state index is 13.3. The maximum Gasteiger partial charge on any atom is 0.257 e. The largest absolute Gasteiger partial charge is 0.354 e. The van der Waals surface area contributed by atoms with Crippen LogP contribution in [-0.2, 0) is 4.79 Å². The number of hydrogen-bond donors (Lipinski definition) is 3. The van der Waals surface area contributed by atoms with Crippen LogP contribution in [0.15, 0.2) is 60.9 Å². The summed E-state index contributed by atoms with van der Waals surface area (Å²) in [6.07, 6.45) is 2.83. The SMILES string of the molecule is CC(=O)Nc1cccc(NC(=O)c2cncc(Nc3ccc(F)c(F)c3)c2)c1. The van der Waals surface area contributed by atoms with E-state index in [1.165, 1.54) is 31.5 Å². The van der Waals surface area contributed by atoms with Crippen LogP contribution in [0.1, 0.15) is 17.3 Å². The van der Waals surface area contributed by atoms with Gasteiger partial charge in [-0.15, -0.1) is 0 Å². The van der Waals surface area contributed by atoms with Gasteiger partial charge in [-0.2, -0.15) is 0 Å². The summed E-state index contributed by atoms with van der Waals surface area (Å²) in [6.45, 7) is 1.39. The minimum Gasteiger partial charge on any atom is -0.354 e. The van der Waals surface area contributed by atoms with Gasteiger partial charge in [-0.3, -0.25) is 14.6 Å². The first-order valence-corrected chi connectivity index (χ1v) is 8.27. The van der Waals surface area contributed by atoms with Gasteiger partial charge in [0.15, 0.2) is 11.6 Å². The number of nitrogens with zero attached hydrogens (tertiary/aromatic N) is 1. The lowest BCUT2D eigenvalue weighted by Crippen LogP contribution is -2.13. The number of carbonyl (C=O) groups excluding carboxylic acids is 2. The van der Waals surface area contributed by atoms with Crippen molar-refractivity contribution in [3.8, 4) is 0 Å². The van der Waals surface area contributed by atoms with Gasteiger partial charge in [0.1, 0.15) is 0 Å². The fourth-order valence-corrected chi connectivity index (χ4v) is 2.45. The number of halogens is 2. The molecule has 0 unspecified atom stereocenters. The summed E-state index contributed by atoms with van der Waals surface area (Å²) in [6, 6.07) is 11.6. The Bertz CT molecular complexity index is 1040. The van der Waals surface area contributed by atoms with E-state index in [-0.39, 0.29) is 11.5 Å². The molecule has 8 heteroatoms. The number of pyridine rings is 1. The molecule has 0 aliphatic rings. The van der Waals surface area contributed by atoms with Crippen molar-refractivity contribution >= 4 is 34.6 Å². The van der Waals surface area contributed by atoms with Crippen molar-refractivity contribution in [2.75, 3.05) is 16.0 Å². The first kappa shape index (κ1) is 19.0. The number of amides is 2. The van der Waals surface area contributed by atoms with Crippen molar-refractivity contribution in [3.05, 3.63) is 78.1 Å². The molecule has 2 aromatic carbocycles. The highest BCUT2D eigenvalue weighted by Crippen LogP contribution is 2.20. The highest BCUT2D eigenvalue weighted by molar-refractivity contribution is 6.05. The Morgan fingerprint density at radius 3 is 2.29 bits per heavy atom. The monoisotopic (exact) mass is 382 g/mol. The van der Waals surface area contributed by atoms with E-state index < -0.39 is 17.5 Å². The van der Waals surface area contributed by atoms with E-state index in [1.54, 1.807) is 24.3 Å². The van der Waals surface area contributed by atoms with Crippen LogP contribution in [0.4, 0.5) is 31.5 Å². The van der Waals surface area contributed by atoms with E-state index in [4.69, 9.17) is 0 Å². The second-order valence-electron chi connectivity index (χ2n) is 5.93. The second kappa shape index (κ2) is 8.26. The van der Waals surface area contributed by atoms with Gasteiger partial charge in [0.25, 0.3) is 5.91 Å². The lowest BCUT2D eigenvalue weighted by Gasteiger charge is -2.10. The van der Waals surface area contributed by atoms with Gasteiger partial charge in [-0.25, -0.2) is 8.78 Å². The summed E-state index contributed by atoms with van der Waals surface area (Å²) >= 11 is 0. The predicted octanol–water partition coefficient (Wildman–Crippen LogP) is 4.31. The van der Waals surface area contributed by atoms with Crippen LogP contribution >= 0.6 is 0 Å². The number of carbonyl (C=O) groups is 2. The summed E-state index contributed by atoms with van der Waals surface area (Å²) < 4.78 is 26.3. The lowest BCUT2D eigenvalue weighted by atomic mass is 10.2. The van der Waals surface area contributed by atoms with Crippen molar-refractivity contribution in [1.82, 2.24) is 4.98 Å². The number of aromatic nitrogens is 1. The molecule has 6 nitrogen and oxygen atoms in total. The summed E-state index contributed by atoms with van der Waals surface area (Å²) in [5.41, 5.74) is 2.07. The number of benzene rings is 2. The molecule has 3 rings (SSSR count). The van der Waals surface area contributed by atoms with Crippen molar-refractivity contribution < 1.29 is 18.4 Å². The molecule has 0 spiro atoms. The van der Waals surface area contributed by atoms with E-state index >= 15 is 0 Å². The van der Waals surface area contributed by atoms with Crippen molar-refractivity contribution in [3.63, 3.8) is 0 Å². The zero-order chi connectivity index (χ0) is 20.1. The topological polar surface area (TPSA) is 83.1 Å². The van der Waals surface area contributed by atoms with Gasteiger partial charge in [-0.1, -0.05) is 6.07 Å². The fourth-order valence-electron chi connectivity index (χ4n) is 2.45. The number of hydrogen-bond acceptors (Lipinski definition) is 4. The van der Waals surface area contributed by atoms with E-state index in [9.17, 15) is 18.4 Å². The van der Waals surface area contributed by atoms with Gasteiger partial charge in [-0.05, 0) is 36.4 Å². The van der Waals surface area contributed by atoms with Crippen LogP contribution in [0.2, 0.25) is 0 Å². The number of nitrogens with one attached hydrogen (secondary N) is 3. The zero-order valence-electron chi connectivity index (χ0n) is 14.8. The Morgan fingerprint density at radius 2 is 1.57 bits per heavy atom. The third-order valence-electron chi connectivity index (χ3n) is 3.65. The lowest BCUT2D eigenvalue weighted by molar-refractivity contribution is -0.114. The van der Waals surface area contributed by atoms with E-state index in [0.29, 0.717) is 22.7 Å². The molecule has 0 fully saturated rings. The number of anilines is 4. The third-order valence-corrected chi connectivity index (χ3v) is 3.65. The van der Waals surface area contributed by atoms with Gasteiger partial charge < -0.3 is 16.0 Å². The highest BCUT2D eigenvalue weighted by Gasteiger charge is 2.09. The first-order chi connectivity index (χ1) is 13.4. The molecule has 0 aliphatic carbocycles. The maximum atomic E-state index is 13.3. The fraction of sp³-hybridized carbons (Fsp3) is 0.0500. The van der Waals surface area contributed by atoms with E-state index in [2.05, 4.69) is 20.9 Å². The van der Waals surface area contributed by atoms with E-state index in [1.807, 2.05) is 0 Å². The third kappa shape index (κ3) is 4.88. The Kier molecular flexibility index (Phi) is 5.59. The quantitative estimate of drug-likeness (QED) is 0.614. The molecule has 3 N–H and O–H groups in total. The van der Waals surface area contributed by atoms with Crippen molar-refractivity contribution in [1.29, 1.82) is 0 Å². The molecule has 3 aromatic rings. The highest BCUT2D eigenvalue weighted by atomic mass is 19.2. The van der Waals surface area contributed by atoms with Crippen LogP contribution in [0, 0.1) is 11.6 Å². The number of rotatable bonds is 5. The van der Waals surface area contributed by atoms with Crippen LogP contribution < -0.4 is 16.0 Å². The summed E-state index contributed by atoms with van der Waals surface area (Å²) in [7, 11) is 0. The molecule has 142 valence electrons. The zero-order valence-corrected chi connectivity index (χ0v) is 14.8. The van der Waals surface area contributed by atoms with Gasteiger partial charge in [0.2, 0.25) is 5.91 Å². The summed E-state index contributed by atoms with van der Waals surface area (Å²) in [4.78, 5) is 27.6. The minimum atomic E-state index is -0.981. The molecule has 0 radical (unpaired) electrons. The average molecular weight is 382 g/mol. The second-order valence-corrected chi connectivity index (χ2v) is 5.93. The van der Waals surface area contributed by atoms with Gasteiger partial charge in [0.05, 0.1) is 17.4 Å². The predicted molar refractivity (Wildman–Crippen MR) is 103 cm³/mol. The van der Waals surface area contributed by atoms with Crippen molar-refractivity contribution in [2.45, 2.75) is 6.92 Å². The average Bonchev–Trinajstić information content (AvgIpc) is 2.65. The molecule has 0 atom stereocenters. The van der Waals surface area contributed by atoms with E-state index in [0.717, 1.165) is 12.1 Å². The molecule has 2 amide bonds. The van der Waals surface area contributed by atoms with Gasteiger partial charge in [0, 0.05) is 36.2 Å². The molecular weight excluding hydrogens is 366 g/mol. The molecule has 28 heavy (non-hydrogen) atoms. The molecule has 0 bridgehead atoms. The van der Waals surface area contributed by atoms with Gasteiger partial charge >= 0.3 is 0 Å². The molecule has 0 saturated heterocycles. The molecule has 0 saturated carbocycles. The van der Waals surface area contributed by atoms with Crippen LogP contribution in [-0.4, -0.2) is 16.8 Å². The smallest absolute Gasteiger partial charge is 0.257 e. The summed E-state index contributed by atoms with van der Waals surface area (Å²) in [5, 5.41) is 8.21. The molecule has 1 aromatic heterocycles. The Hall–Kier alpha value is -3.81. The standard InChI is InChI=1S/C20H16F2N4O2/c1-12(27)24-14-3-2-4-15(8-14)26-20(28)13-7-17(11-23-10-13)25-16-5-6-18(21)19(22)9-16/h2-11,25H,1H3,(H,24,27)(H,26,28). The minimum absolute atomic E-state index is 0.219. The van der Waals surface area contributed by atoms with Crippen molar-refractivity contribution in [2.24, 2.45) is 0 Å². The Morgan fingerprint density at radius 1 is 0.821 bits per heavy atom. The van der Waals surface area contributed by atoms with Crippen LogP contribution in [0.25, 0.3) is 0 Å². The van der Waals surface area contributed by atoms with Crippen LogP contribution in [0.5, 0.6) is 0 Å². The Balaban J connectivity index is 1.73. The van der Waals surface area contributed by atoms with Crippen LogP contribution in [0.3, 0.4) is 0 Å². The molecule has 0 aliphatic heterocycles. The summed E-state index contributed by atoms with van der Waals surface area (Å²) in [5.74, 6) is -2.56. The normalized spacial score (nSPS) is 10.2.